The molecule has 0 aliphatic carbocycles. The lowest BCUT2D eigenvalue weighted by Crippen LogP contribution is -2.25. The van der Waals surface area contributed by atoms with Gasteiger partial charge in [-0.05, 0) is 29.8 Å². The maximum absolute atomic E-state index is 12.3. The first-order valence-corrected chi connectivity index (χ1v) is 8.54. The molecule has 4 heteroatoms. The minimum atomic E-state index is -0.224. The summed E-state index contributed by atoms with van der Waals surface area (Å²) in [6.07, 6.45) is 0.467. The van der Waals surface area contributed by atoms with E-state index in [9.17, 15) is 4.79 Å². The Bertz CT molecular complexity index is 937. The van der Waals surface area contributed by atoms with E-state index in [0.29, 0.717) is 12.0 Å². The highest BCUT2D eigenvalue weighted by atomic mass is 16.5. The number of benzene rings is 3. The standard InChI is InChI=1S/C22H18N2O2/c25-22(17-11-5-2-6-12-17)24-23-19-15-21(16-9-3-1-4-10-16)26-20-14-8-7-13-18(19)20/h1-14,21H,15H2,(H,24,25)/t21-/m0/s1. The van der Waals surface area contributed by atoms with E-state index >= 15 is 0 Å². The van der Waals surface area contributed by atoms with Crippen molar-refractivity contribution >= 4 is 11.6 Å². The monoisotopic (exact) mass is 342 g/mol. The maximum atomic E-state index is 12.3. The lowest BCUT2D eigenvalue weighted by Gasteiger charge is -2.27. The van der Waals surface area contributed by atoms with Gasteiger partial charge in [0.05, 0.1) is 5.71 Å². The van der Waals surface area contributed by atoms with Crippen molar-refractivity contribution < 1.29 is 9.53 Å². The fourth-order valence-electron chi connectivity index (χ4n) is 3.02. The number of hydrazone groups is 1. The molecule has 0 unspecified atom stereocenters. The van der Waals surface area contributed by atoms with Gasteiger partial charge in [0.1, 0.15) is 11.9 Å². The van der Waals surface area contributed by atoms with E-state index in [1.807, 2.05) is 72.8 Å². The van der Waals surface area contributed by atoms with Crippen LogP contribution in [0.2, 0.25) is 0 Å². The van der Waals surface area contributed by atoms with Crippen molar-refractivity contribution in [1.82, 2.24) is 5.43 Å². The van der Waals surface area contributed by atoms with Gasteiger partial charge in [0.25, 0.3) is 5.91 Å². The molecule has 0 fully saturated rings. The Labute approximate surface area is 152 Å². The molecule has 1 amide bonds. The van der Waals surface area contributed by atoms with Gasteiger partial charge in [-0.25, -0.2) is 5.43 Å². The van der Waals surface area contributed by atoms with Gasteiger partial charge in [-0.3, -0.25) is 4.79 Å². The molecule has 4 rings (SSSR count). The molecule has 3 aromatic rings. The Morgan fingerprint density at radius 3 is 2.31 bits per heavy atom. The van der Waals surface area contributed by atoms with Gasteiger partial charge in [0.15, 0.2) is 0 Å². The molecule has 26 heavy (non-hydrogen) atoms. The van der Waals surface area contributed by atoms with Crippen molar-refractivity contribution in [3.05, 3.63) is 102 Å². The molecule has 0 bridgehead atoms. The zero-order chi connectivity index (χ0) is 17.8. The van der Waals surface area contributed by atoms with Crippen LogP contribution >= 0.6 is 0 Å². The number of ether oxygens (including phenoxy) is 1. The largest absolute Gasteiger partial charge is 0.485 e. The van der Waals surface area contributed by atoms with Gasteiger partial charge in [-0.1, -0.05) is 60.7 Å². The van der Waals surface area contributed by atoms with Crippen LogP contribution in [0, 0.1) is 0 Å². The van der Waals surface area contributed by atoms with E-state index < -0.39 is 0 Å². The Morgan fingerprint density at radius 1 is 0.885 bits per heavy atom. The number of nitrogens with zero attached hydrogens (tertiary/aromatic N) is 1. The molecule has 4 nitrogen and oxygen atoms in total. The highest BCUT2D eigenvalue weighted by molar-refractivity contribution is 6.05. The molecule has 0 spiro atoms. The fraction of sp³-hybridized carbons (Fsp3) is 0.0909. The maximum Gasteiger partial charge on any atom is 0.271 e. The van der Waals surface area contributed by atoms with Crippen LogP contribution in [0.4, 0.5) is 0 Å². The second kappa shape index (κ2) is 7.23. The van der Waals surface area contributed by atoms with E-state index in [1.165, 1.54) is 0 Å². The van der Waals surface area contributed by atoms with Crippen LogP contribution in [-0.4, -0.2) is 11.6 Å². The number of para-hydroxylation sites is 1. The Morgan fingerprint density at radius 2 is 1.54 bits per heavy atom. The third-order valence-corrected chi connectivity index (χ3v) is 4.35. The van der Waals surface area contributed by atoms with Gasteiger partial charge in [0, 0.05) is 17.5 Å². The van der Waals surface area contributed by atoms with Gasteiger partial charge < -0.3 is 4.74 Å². The third-order valence-electron chi connectivity index (χ3n) is 4.35. The first kappa shape index (κ1) is 16.1. The summed E-state index contributed by atoms with van der Waals surface area (Å²) in [4.78, 5) is 12.3. The third kappa shape index (κ3) is 3.35. The van der Waals surface area contributed by atoms with E-state index in [4.69, 9.17) is 4.74 Å². The molecular formula is C22H18N2O2. The summed E-state index contributed by atoms with van der Waals surface area (Å²) in [6, 6.07) is 26.9. The number of nitrogens with one attached hydrogen (secondary N) is 1. The zero-order valence-corrected chi connectivity index (χ0v) is 14.1. The Hall–Kier alpha value is -3.40. The molecule has 0 radical (unpaired) electrons. The van der Waals surface area contributed by atoms with Crippen LogP contribution in [0.25, 0.3) is 0 Å². The summed E-state index contributed by atoms with van der Waals surface area (Å²) in [5, 5.41) is 4.41. The quantitative estimate of drug-likeness (QED) is 0.720. The highest BCUT2D eigenvalue weighted by Crippen LogP contribution is 2.34. The van der Waals surface area contributed by atoms with Crippen molar-refractivity contribution in [3.63, 3.8) is 0 Å². The molecule has 1 N–H and O–H groups in total. The number of fused-ring (bicyclic) bond motifs is 1. The molecule has 3 aromatic carbocycles. The summed E-state index contributed by atoms with van der Waals surface area (Å²) in [5.74, 6) is 0.554. The molecule has 128 valence electrons. The van der Waals surface area contributed by atoms with Crippen molar-refractivity contribution in [2.45, 2.75) is 12.5 Å². The second-order valence-electron chi connectivity index (χ2n) is 6.08. The van der Waals surface area contributed by atoms with Gasteiger partial charge in [0.2, 0.25) is 0 Å². The summed E-state index contributed by atoms with van der Waals surface area (Å²) in [5.41, 5.74) is 6.06. The number of carbonyl (C=O) groups is 1. The normalized spacial score (nSPS) is 17.2. The zero-order valence-electron chi connectivity index (χ0n) is 14.1. The van der Waals surface area contributed by atoms with Crippen molar-refractivity contribution in [2.75, 3.05) is 0 Å². The first-order valence-electron chi connectivity index (χ1n) is 8.54. The van der Waals surface area contributed by atoms with E-state index in [2.05, 4.69) is 10.5 Å². The van der Waals surface area contributed by atoms with Crippen LogP contribution in [0.15, 0.2) is 90.0 Å². The molecule has 0 saturated heterocycles. The van der Waals surface area contributed by atoms with E-state index in [-0.39, 0.29) is 12.0 Å². The van der Waals surface area contributed by atoms with Crippen LogP contribution in [0.3, 0.4) is 0 Å². The van der Waals surface area contributed by atoms with Gasteiger partial charge in [-0.2, -0.15) is 5.10 Å². The van der Waals surface area contributed by atoms with Crippen molar-refractivity contribution in [1.29, 1.82) is 0 Å². The van der Waals surface area contributed by atoms with E-state index in [0.717, 1.165) is 22.6 Å². The molecule has 1 heterocycles. The number of amides is 1. The Balaban J connectivity index is 1.62. The van der Waals surface area contributed by atoms with Crippen molar-refractivity contribution in [2.24, 2.45) is 5.10 Å². The summed E-state index contributed by atoms with van der Waals surface area (Å²) in [6.45, 7) is 0. The molecule has 1 aliphatic rings. The first-order chi connectivity index (χ1) is 12.8. The lowest BCUT2D eigenvalue weighted by molar-refractivity contribution is 0.0954. The average Bonchev–Trinajstić information content (AvgIpc) is 2.73. The fourth-order valence-corrected chi connectivity index (χ4v) is 3.02. The molecule has 0 saturated carbocycles. The topological polar surface area (TPSA) is 50.7 Å². The number of hydrogen-bond acceptors (Lipinski definition) is 3. The number of hydrogen-bond donors (Lipinski definition) is 1. The number of rotatable bonds is 3. The smallest absolute Gasteiger partial charge is 0.271 e. The summed E-state index contributed by atoms with van der Waals surface area (Å²) < 4.78 is 6.15. The number of carbonyl (C=O) groups excluding carboxylic acids is 1. The molecular weight excluding hydrogens is 324 g/mol. The van der Waals surface area contributed by atoms with Crippen LogP contribution in [0.5, 0.6) is 5.75 Å². The Kier molecular flexibility index (Phi) is 4.48. The van der Waals surface area contributed by atoms with Crippen LogP contribution in [0.1, 0.15) is 34.0 Å². The predicted octanol–water partition coefficient (Wildman–Crippen LogP) is 4.34. The van der Waals surface area contributed by atoms with Gasteiger partial charge in [-0.15, -0.1) is 0 Å². The molecule has 0 aromatic heterocycles. The molecule has 1 atom stereocenters. The predicted molar refractivity (Wildman–Crippen MR) is 101 cm³/mol. The van der Waals surface area contributed by atoms with Crippen LogP contribution in [-0.2, 0) is 0 Å². The summed E-state index contributed by atoms with van der Waals surface area (Å²) >= 11 is 0. The lowest BCUT2D eigenvalue weighted by atomic mass is 9.96. The minimum Gasteiger partial charge on any atom is -0.485 e. The second-order valence-corrected chi connectivity index (χ2v) is 6.08. The SMILES string of the molecule is O=C(NN=C1C[C@@H](c2ccccc2)Oc2ccccc21)c1ccccc1. The minimum absolute atomic E-state index is 0.126. The highest BCUT2D eigenvalue weighted by Gasteiger charge is 2.26. The van der Waals surface area contributed by atoms with Gasteiger partial charge >= 0.3 is 0 Å². The van der Waals surface area contributed by atoms with E-state index in [1.54, 1.807) is 12.1 Å². The van der Waals surface area contributed by atoms with Crippen molar-refractivity contribution in [3.8, 4) is 5.75 Å². The average molecular weight is 342 g/mol. The summed E-state index contributed by atoms with van der Waals surface area (Å²) in [7, 11) is 0. The van der Waals surface area contributed by atoms with Crippen LogP contribution < -0.4 is 10.2 Å². The molecule has 1 aliphatic heterocycles.